The van der Waals surface area contributed by atoms with Crippen LogP contribution in [-0.4, -0.2) is 21.7 Å². The lowest BCUT2D eigenvalue weighted by Gasteiger charge is -2.35. The van der Waals surface area contributed by atoms with E-state index in [1.54, 1.807) is 12.4 Å². The van der Waals surface area contributed by atoms with Gasteiger partial charge in [-0.3, -0.25) is 4.98 Å². The Bertz CT molecular complexity index is 558. The molecule has 0 atom stereocenters. The second-order valence-electron chi connectivity index (χ2n) is 5.83. The van der Waals surface area contributed by atoms with Crippen molar-refractivity contribution in [2.75, 3.05) is 6.54 Å². The number of pyridine rings is 1. The Morgan fingerprint density at radius 2 is 2.00 bits per heavy atom. The summed E-state index contributed by atoms with van der Waals surface area (Å²) >= 11 is 0. The molecular weight excluding hydrogens is 252 g/mol. The van der Waals surface area contributed by atoms with E-state index in [9.17, 15) is 0 Å². The van der Waals surface area contributed by atoms with E-state index in [1.165, 1.54) is 12.8 Å². The van der Waals surface area contributed by atoms with Crippen LogP contribution in [0.1, 0.15) is 38.5 Å². The number of aromatic nitrogens is 3. The molecule has 2 aromatic rings. The molecule has 5 nitrogen and oxygen atoms in total. The molecule has 0 spiro atoms. The molecule has 0 radical (unpaired) electrons. The maximum absolute atomic E-state index is 6.03. The van der Waals surface area contributed by atoms with Crippen LogP contribution in [0, 0.1) is 5.92 Å². The smallest absolute Gasteiger partial charge is 0.234 e. The first kappa shape index (κ1) is 13.2. The van der Waals surface area contributed by atoms with Gasteiger partial charge in [-0.2, -0.15) is 4.98 Å². The first-order chi connectivity index (χ1) is 9.73. The largest absolute Gasteiger partial charge is 0.338 e. The van der Waals surface area contributed by atoms with E-state index < -0.39 is 0 Å². The van der Waals surface area contributed by atoms with Crippen molar-refractivity contribution in [3.05, 3.63) is 30.4 Å². The summed E-state index contributed by atoms with van der Waals surface area (Å²) in [5.41, 5.74) is 6.81. The fraction of sp³-hybridized carbons (Fsp3) is 0.533. The van der Waals surface area contributed by atoms with Crippen LogP contribution in [0.5, 0.6) is 0 Å². The second kappa shape index (κ2) is 5.32. The maximum atomic E-state index is 6.03. The van der Waals surface area contributed by atoms with E-state index >= 15 is 0 Å². The van der Waals surface area contributed by atoms with Crippen LogP contribution < -0.4 is 5.73 Å². The predicted octanol–water partition coefficient (Wildman–Crippen LogP) is 2.54. The Morgan fingerprint density at radius 1 is 1.30 bits per heavy atom. The number of nitrogens with zero attached hydrogens (tertiary/aromatic N) is 3. The quantitative estimate of drug-likeness (QED) is 0.929. The second-order valence-corrected chi connectivity index (χ2v) is 5.83. The summed E-state index contributed by atoms with van der Waals surface area (Å²) in [7, 11) is 0. The minimum absolute atomic E-state index is 0.134. The minimum atomic E-state index is -0.134. The van der Waals surface area contributed by atoms with Crippen LogP contribution in [0.3, 0.4) is 0 Å². The fourth-order valence-electron chi connectivity index (χ4n) is 2.88. The average molecular weight is 272 g/mol. The van der Waals surface area contributed by atoms with E-state index in [0.29, 0.717) is 18.3 Å². The molecule has 2 heterocycles. The molecule has 106 valence electrons. The van der Waals surface area contributed by atoms with Gasteiger partial charge < -0.3 is 10.3 Å². The van der Waals surface area contributed by atoms with Crippen molar-refractivity contribution in [3.63, 3.8) is 0 Å². The monoisotopic (exact) mass is 272 g/mol. The molecule has 0 saturated heterocycles. The van der Waals surface area contributed by atoms with Crippen molar-refractivity contribution in [2.45, 2.75) is 38.0 Å². The Labute approximate surface area is 118 Å². The van der Waals surface area contributed by atoms with Crippen LogP contribution in [0.4, 0.5) is 0 Å². The molecule has 5 heteroatoms. The van der Waals surface area contributed by atoms with Gasteiger partial charge >= 0.3 is 0 Å². The van der Waals surface area contributed by atoms with Crippen molar-refractivity contribution in [3.8, 4) is 11.4 Å². The van der Waals surface area contributed by atoms with Gasteiger partial charge in [0.2, 0.25) is 11.7 Å². The Hall–Kier alpha value is -1.75. The summed E-state index contributed by atoms with van der Waals surface area (Å²) in [6.07, 6.45) is 7.86. The first-order valence-electron chi connectivity index (χ1n) is 7.18. The third-order valence-corrected chi connectivity index (χ3v) is 4.44. The third kappa shape index (κ3) is 2.33. The van der Waals surface area contributed by atoms with Crippen molar-refractivity contribution in [1.82, 2.24) is 15.1 Å². The first-order valence-corrected chi connectivity index (χ1v) is 7.18. The van der Waals surface area contributed by atoms with E-state index in [4.69, 9.17) is 10.3 Å². The highest BCUT2D eigenvalue weighted by Gasteiger charge is 2.39. The molecule has 0 unspecified atom stereocenters. The van der Waals surface area contributed by atoms with Crippen molar-refractivity contribution >= 4 is 0 Å². The summed E-state index contributed by atoms with van der Waals surface area (Å²) in [6, 6.07) is 3.76. The van der Waals surface area contributed by atoms with Gasteiger partial charge in [0.15, 0.2) is 0 Å². The molecule has 1 aliphatic rings. The maximum Gasteiger partial charge on any atom is 0.234 e. The van der Waals surface area contributed by atoms with Gasteiger partial charge in [-0.1, -0.05) is 12.1 Å². The molecule has 2 N–H and O–H groups in total. The lowest BCUT2D eigenvalue weighted by Crippen LogP contribution is -2.39. The van der Waals surface area contributed by atoms with Crippen LogP contribution in [-0.2, 0) is 5.41 Å². The highest BCUT2D eigenvalue weighted by molar-refractivity contribution is 5.52. The third-order valence-electron chi connectivity index (χ3n) is 4.44. The molecule has 0 bridgehead atoms. The zero-order chi connectivity index (χ0) is 14.0. The van der Waals surface area contributed by atoms with Crippen molar-refractivity contribution < 1.29 is 4.52 Å². The van der Waals surface area contributed by atoms with E-state index in [0.717, 1.165) is 24.3 Å². The highest BCUT2D eigenvalue weighted by Crippen LogP contribution is 2.40. The lowest BCUT2D eigenvalue weighted by molar-refractivity contribution is 0.191. The number of rotatable bonds is 3. The summed E-state index contributed by atoms with van der Waals surface area (Å²) in [5.74, 6) is 2.07. The van der Waals surface area contributed by atoms with Gasteiger partial charge in [0.05, 0.1) is 5.41 Å². The summed E-state index contributed by atoms with van der Waals surface area (Å²) < 4.78 is 5.53. The number of hydrogen-bond donors (Lipinski definition) is 1. The molecule has 1 fully saturated rings. The van der Waals surface area contributed by atoms with Crippen molar-refractivity contribution in [1.29, 1.82) is 0 Å². The van der Waals surface area contributed by atoms with Crippen LogP contribution in [0.2, 0.25) is 0 Å². The lowest BCUT2D eigenvalue weighted by atomic mass is 9.71. The van der Waals surface area contributed by atoms with Gasteiger partial charge in [-0.15, -0.1) is 0 Å². The Balaban J connectivity index is 1.89. The Morgan fingerprint density at radius 3 is 2.65 bits per heavy atom. The summed E-state index contributed by atoms with van der Waals surface area (Å²) in [5, 5.41) is 4.10. The SMILES string of the molecule is CC1CCC(CN)(c2nc(-c3ccncc3)no2)CC1. The van der Waals surface area contributed by atoms with Crippen LogP contribution >= 0.6 is 0 Å². The highest BCUT2D eigenvalue weighted by atomic mass is 16.5. The fourth-order valence-corrected chi connectivity index (χ4v) is 2.88. The molecule has 0 amide bonds. The van der Waals surface area contributed by atoms with Crippen molar-refractivity contribution in [2.24, 2.45) is 11.7 Å². The van der Waals surface area contributed by atoms with Gasteiger partial charge in [0.25, 0.3) is 0 Å². The molecule has 0 aromatic carbocycles. The van der Waals surface area contributed by atoms with Gasteiger partial charge in [0.1, 0.15) is 0 Å². The topological polar surface area (TPSA) is 77.8 Å². The number of hydrogen-bond acceptors (Lipinski definition) is 5. The Kier molecular flexibility index (Phi) is 3.53. The molecular formula is C15H20N4O. The molecule has 3 rings (SSSR count). The molecule has 1 aliphatic carbocycles. The van der Waals surface area contributed by atoms with Gasteiger partial charge in [-0.25, -0.2) is 0 Å². The number of nitrogens with two attached hydrogens (primary N) is 1. The van der Waals surface area contributed by atoms with Crippen LogP contribution in [0.25, 0.3) is 11.4 Å². The van der Waals surface area contributed by atoms with Gasteiger partial charge in [-0.05, 0) is 43.7 Å². The predicted molar refractivity (Wildman–Crippen MR) is 75.9 cm³/mol. The summed E-state index contributed by atoms with van der Waals surface area (Å²) in [6.45, 7) is 2.86. The molecule has 20 heavy (non-hydrogen) atoms. The standard InChI is InChI=1S/C15H20N4O/c1-11-2-6-15(10-16,7-3-11)14-18-13(19-20-14)12-4-8-17-9-5-12/h4-5,8-9,11H,2-3,6-7,10,16H2,1H3. The van der Waals surface area contributed by atoms with E-state index in [2.05, 4.69) is 22.0 Å². The summed E-state index contributed by atoms with van der Waals surface area (Å²) in [4.78, 5) is 8.59. The van der Waals surface area contributed by atoms with E-state index in [1.807, 2.05) is 12.1 Å². The molecule has 1 saturated carbocycles. The zero-order valence-corrected chi connectivity index (χ0v) is 11.7. The van der Waals surface area contributed by atoms with Crippen LogP contribution in [0.15, 0.2) is 29.0 Å². The molecule has 0 aliphatic heterocycles. The van der Waals surface area contributed by atoms with Gasteiger partial charge in [0, 0.05) is 24.5 Å². The minimum Gasteiger partial charge on any atom is -0.338 e. The average Bonchev–Trinajstić information content (AvgIpc) is 3.00. The zero-order valence-electron chi connectivity index (χ0n) is 11.7. The van der Waals surface area contributed by atoms with E-state index in [-0.39, 0.29) is 5.41 Å². The molecule has 2 aromatic heterocycles. The normalized spacial score (nSPS) is 26.6.